The van der Waals surface area contributed by atoms with E-state index in [4.69, 9.17) is 0 Å². The first-order valence-corrected chi connectivity index (χ1v) is 9.21. The molecule has 0 aliphatic heterocycles. The predicted molar refractivity (Wildman–Crippen MR) is 97.2 cm³/mol. The van der Waals surface area contributed by atoms with Crippen LogP contribution in [0.25, 0.3) is 20.2 Å². The number of benzene rings is 1. The van der Waals surface area contributed by atoms with Crippen LogP contribution in [0, 0.1) is 0 Å². The lowest BCUT2D eigenvalue weighted by Gasteiger charge is -2.10. The SMILES string of the molecule is CCc1cc(-c2ccc(-c3cccs3)s2)cc(CC)c1C=O. The first kappa shape index (κ1) is 15.2. The minimum absolute atomic E-state index is 0.879. The highest BCUT2D eigenvalue weighted by Crippen LogP contribution is 2.37. The second kappa shape index (κ2) is 6.59. The molecule has 0 amide bonds. The number of carbonyl (C=O) groups is 1. The standard InChI is InChI=1S/C19H18OS2/c1-3-13-10-15(11-14(4-2)16(13)12-20)17-7-8-19(22-17)18-6-5-9-21-18/h5-12H,3-4H2,1-2H3. The highest BCUT2D eigenvalue weighted by atomic mass is 32.1. The Kier molecular flexibility index (Phi) is 4.55. The molecule has 3 heteroatoms. The van der Waals surface area contributed by atoms with Gasteiger partial charge in [-0.2, -0.15) is 0 Å². The molecule has 0 N–H and O–H groups in total. The average Bonchev–Trinajstić information content (AvgIpc) is 3.23. The van der Waals surface area contributed by atoms with E-state index in [1.54, 1.807) is 11.3 Å². The molecule has 1 nitrogen and oxygen atoms in total. The third-order valence-corrected chi connectivity index (χ3v) is 6.09. The molecule has 22 heavy (non-hydrogen) atoms. The molecule has 2 aromatic heterocycles. The molecule has 112 valence electrons. The van der Waals surface area contributed by atoms with E-state index in [1.165, 1.54) is 20.2 Å². The molecule has 0 aliphatic rings. The topological polar surface area (TPSA) is 17.1 Å². The molecule has 0 saturated carbocycles. The van der Waals surface area contributed by atoms with Gasteiger partial charge in [0, 0.05) is 20.2 Å². The summed E-state index contributed by atoms with van der Waals surface area (Å²) < 4.78 is 0. The summed E-state index contributed by atoms with van der Waals surface area (Å²) in [4.78, 5) is 15.3. The molecule has 0 atom stereocenters. The molecule has 3 rings (SSSR count). The lowest BCUT2D eigenvalue weighted by Crippen LogP contribution is -1.98. The van der Waals surface area contributed by atoms with Crippen LogP contribution < -0.4 is 0 Å². The number of carbonyl (C=O) groups excluding carboxylic acids is 1. The predicted octanol–water partition coefficient (Wildman–Crippen LogP) is 6.08. The third kappa shape index (κ3) is 2.79. The fourth-order valence-electron chi connectivity index (χ4n) is 2.70. The minimum Gasteiger partial charge on any atom is -0.298 e. The number of rotatable bonds is 5. The Morgan fingerprint density at radius 3 is 2.18 bits per heavy atom. The largest absolute Gasteiger partial charge is 0.298 e. The van der Waals surface area contributed by atoms with Crippen LogP contribution in [0.2, 0.25) is 0 Å². The molecule has 1 aromatic carbocycles. The van der Waals surface area contributed by atoms with Crippen molar-refractivity contribution < 1.29 is 4.79 Å². The van der Waals surface area contributed by atoms with E-state index in [0.29, 0.717) is 0 Å². The lowest BCUT2D eigenvalue weighted by molar-refractivity contribution is 0.112. The quantitative estimate of drug-likeness (QED) is 0.519. The zero-order chi connectivity index (χ0) is 15.5. The van der Waals surface area contributed by atoms with Gasteiger partial charge in [0.2, 0.25) is 0 Å². The van der Waals surface area contributed by atoms with E-state index < -0.39 is 0 Å². The number of hydrogen-bond donors (Lipinski definition) is 0. The van der Waals surface area contributed by atoms with Gasteiger partial charge < -0.3 is 0 Å². The molecular formula is C19H18OS2. The molecule has 2 heterocycles. The summed E-state index contributed by atoms with van der Waals surface area (Å²) >= 11 is 3.59. The van der Waals surface area contributed by atoms with Gasteiger partial charge in [-0.25, -0.2) is 0 Å². The zero-order valence-corrected chi connectivity index (χ0v) is 14.4. The fraction of sp³-hybridized carbons (Fsp3) is 0.211. The maximum Gasteiger partial charge on any atom is 0.150 e. The highest BCUT2D eigenvalue weighted by molar-refractivity contribution is 7.23. The second-order valence-corrected chi connectivity index (χ2v) is 7.21. The Balaban J connectivity index is 2.07. The average molecular weight is 326 g/mol. The van der Waals surface area contributed by atoms with Crippen molar-refractivity contribution in [3.05, 3.63) is 58.5 Å². The Bertz CT molecular complexity index is 757. The molecule has 0 radical (unpaired) electrons. The lowest BCUT2D eigenvalue weighted by atomic mass is 9.95. The van der Waals surface area contributed by atoms with E-state index >= 15 is 0 Å². The van der Waals surface area contributed by atoms with Crippen molar-refractivity contribution in [2.45, 2.75) is 26.7 Å². The van der Waals surface area contributed by atoms with Crippen LogP contribution in [0.15, 0.2) is 41.8 Å². The van der Waals surface area contributed by atoms with Gasteiger partial charge in [-0.05, 0) is 65.2 Å². The maximum atomic E-state index is 11.4. The van der Waals surface area contributed by atoms with Gasteiger partial charge in [0.05, 0.1) is 0 Å². The Morgan fingerprint density at radius 2 is 1.64 bits per heavy atom. The van der Waals surface area contributed by atoms with Gasteiger partial charge in [0.25, 0.3) is 0 Å². The van der Waals surface area contributed by atoms with Crippen LogP contribution in [0.5, 0.6) is 0 Å². The van der Waals surface area contributed by atoms with Crippen LogP contribution in [0.3, 0.4) is 0 Å². The number of aldehydes is 1. The molecular weight excluding hydrogens is 308 g/mol. The molecule has 0 fully saturated rings. The summed E-state index contributed by atoms with van der Waals surface area (Å²) in [6.45, 7) is 4.22. The first-order chi connectivity index (χ1) is 10.8. The van der Waals surface area contributed by atoms with E-state index in [9.17, 15) is 4.79 Å². The van der Waals surface area contributed by atoms with E-state index in [0.717, 1.165) is 35.8 Å². The van der Waals surface area contributed by atoms with E-state index in [1.807, 2.05) is 11.3 Å². The Morgan fingerprint density at radius 1 is 0.955 bits per heavy atom. The summed E-state index contributed by atoms with van der Waals surface area (Å²) in [6, 6.07) is 13.0. The van der Waals surface area contributed by atoms with Crippen molar-refractivity contribution >= 4 is 29.0 Å². The molecule has 0 saturated heterocycles. The summed E-state index contributed by atoms with van der Waals surface area (Å²) in [6.07, 6.45) is 2.78. The second-order valence-electron chi connectivity index (χ2n) is 5.17. The number of thiophene rings is 2. The fourth-order valence-corrected chi connectivity index (χ4v) is 4.53. The minimum atomic E-state index is 0.879. The van der Waals surface area contributed by atoms with Crippen molar-refractivity contribution in [2.75, 3.05) is 0 Å². The van der Waals surface area contributed by atoms with E-state index in [-0.39, 0.29) is 0 Å². The Labute approximate surface area is 139 Å². The summed E-state index contributed by atoms with van der Waals surface area (Å²) in [5, 5.41) is 2.11. The van der Waals surface area contributed by atoms with Crippen LogP contribution in [0.4, 0.5) is 0 Å². The van der Waals surface area contributed by atoms with Gasteiger partial charge in [-0.15, -0.1) is 22.7 Å². The molecule has 0 unspecified atom stereocenters. The van der Waals surface area contributed by atoms with Crippen molar-refractivity contribution in [1.29, 1.82) is 0 Å². The highest BCUT2D eigenvalue weighted by Gasteiger charge is 2.11. The van der Waals surface area contributed by atoms with Gasteiger partial charge in [0.1, 0.15) is 0 Å². The molecule has 3 aromatic rings. The zero-order valence-electron chi connectivity index (χ0n) is 12.8. The number of hydrogen-bond acceptors (Lipinski definition) is 3. The van der Waals surface area contributed by atoms with Crippen LogP contribution >= 0.6 is 22.7 Å². The van der Waals surface area contributed by atoms with Gasteiger partial charge in [-0.3, -0.25) is 4.79 Å². The summed E-state index contributed by atoms with van der Waals surface area (Å²) in [7, 11) is 0. The van der Waals surface area contributed by atoms with Crippen molar-refractivity contribution in [3.63, 3.8) is 0 Å². The molecule has 0 aliphatic carbocycles. The first-order valence-electron chi connectivity index (χ1n) is 7.51. The van der Waals surface area contributed by atoms with Gasteiger partial charge in [0.15, 0.2) is 6.29 Å². The van der Waals surface area contributed by atoms with Crippen LogP contribution in [-0.2, 0) is 12.8 Å². The van der Waals surface area contributed by atoms with Crippen molar-refractivity contribution in [3.8, 4) is 20.2 Å². The molecule has 0 spiro atoms. The normalized spacial score (nSPS) is 10.8. The van der Waals surface area contributed by atoms with Crippen LogP contribution in [-0.4, -0.2) is 6.29 Å². The maximum absolute atomic E-state index is 11.4. The Hall–Kier alpha value is -1.71. The number of aryl methyl sites for hydroxylation is 2. The monoisotopic (exact) mass is 326 g/mol. The van der Waals surface area contributed by atoms with E-state index in [2.05, 4.69) is 55.6 Å². The van der Waals surface area contributed by atoms with Crippen molar-refractivity contribution in [2.24, 2.45) is 0 Å². The van der Waals surface area contributed by atoms with Gasteiger partial charge in [-0.1, -0.05) is 19.9 Å². The third-order valence-electron chi connectivity index (χ3n) is 3.89. The van der Waals surface area contributed by atoms with Crippen molar-refractivity contribution in [1.82, 2.24) is 0 Å². The van der Waals surface area contributed by atoms with Crippen LogP contribution in [0.1, 0.15) is 35.3 Å². The van der Waals surface area contributed by atoms with Gasteiger partial charge >= 0.3 is 0 Å². The molecule has 0 bridgehead atoms. The summed E-state index contributed by atoms with van der Waals surface area (Å²) in [5.41, 5.74) is 4.40. The summed E-state index contributed by atoms with van der Waals surface area (Å²) in [5.74, 6) is 0. The smallest absolute Gasteiger partial charge is 0.150 e.